The number of hydrogen-bond acceptors (Lipinski definition) is 8. The number of methoxy groups -OCH3 is 1. The molecule has 18 heavy (non-hydrogen) atoms. The number of nitrogens with zero attached hydrogens (tertiary/aromatic N) is 5. The zero-order valence-electron chi connectivity index (χ0n) is 10.7. The van der Waals surface area contributed by atoms with Crippen molar-refractivity contribution >= 4 is 11.9 Å². The van der Waals surface area contributed by atoms with E-state index in [0.717, 1.165) is 0 Å². The Bertz CT molecular complexity index is 408. The summed E-state index contributed by atoms with van der Waals surface area (Å²) in [6.45, 7) is 4.99. The van der Waals surface area contributed by atoms with Crippen molar-refractivity contribution in [1.29, 1.82) is 5.26 Å². The lowest BCUT2D eigenvalue weighted by Crippen LogP contribution is -2.30. The number of nitrogen functional groups attached to an aromatic ring is 1. The van der Waals surface area contributed by atoms with E-state index in [9.17, 15) is 0 Å². The second-order valence-corrected chi connectivity index (χ2v) is 3.66. The molecule has 1 heterocycles. The van der Waals surface area contributed by atoms with Crippen LogP contribution in [0.25, 0.3) is 0 Å². The number of nitrogens with two attached hydrogens (primary N) is 1. The van der Waals surface area contributed by atoms with Gasteiger partial charge in [-0.15, -0.1) is 0 Å². The Hall–Kier alpha value is -2.14. The maximum absolute atomic E-state index is 8.84. The average molecular weight is 251 g/mol. The van der Waals surface area contributed by atoms with Crippen LogP contribution in [-0.2, 0) is 0 Å². The quantitative estimate of drug-likeness (QED) is 0.542. The first-order valence-electron chi connectivity index (χ1n) is 5.55. The molecule has 0 aliphatic carbocycles. The van der Waals surface area contributed by atoms with Gasteiger partial charge in [-0.1, -0.05) is 0 Å². The number of nitrogens with one attached hydrogen (secondary N) is 1. The fraction of sp³-hybridized carbons (Fsp3) is 0.600. The van der Waals surface area contributed by atoms with Crippen molar-refractivity contribution < 1.29 is 4.74 Å². The van der Waals surface area contributed by atoms with E-state index in [1.165, 1.54) is 7.11 Å². The van der Waals surface area contributed by atoms with Crippen molar-refractivity contribution in [3.05, 3.63) is 0 Å². The minimum Gasteiger partial charge on any atom is -0.467 e. The summed E-state index contributed by atoms with van der Waals surface area (Å²) < 4.78 is 4.97. The highest BCUT2D eigenvalue weighted by Gasteiger charge is 2.14. The van der Waals surface area contributed by atoms with Crippen molar-refractivity contribution in [3.63, 3.8) is 0 Å². The van der Waals surface area contributed by atoms with Crippen LogP contribution in [0, 0.1) is 17.2 Å². The van der Waals surface area contributed by atoms with Gasteiger partial charge in [-0.25, -0.2) is 5.84 Å². The standard InChI is InChI=1S/C10H17N7O/c1-4-17(6-7(2)5-11)9-13-8(16-12)14-10(15-9)18-3/h7H,4,6,12H2,1-3H3,(H,13,14,15,16). The van der Waals surface area contributed by atoms with Crippen LogP contribution >= 0.6 is 0 Å². The number of aromatic nitrogens is 3. The largest absolute Gasteiger partial charge is 0.467 e. The molecule has 0 aliphatic heterocycles. The number of ether oxygens (including phenoxy) is 1. The summed E-state index contributed by atoms with van der Waals surface area (Å²) in [5, 5.41) is 8.84. The van der Waals surface area contributed by atoms with Crippen LogP contribution in [0.2, 0.25) is 0 Å². The zero-order chi connectivity index (χ0) is 13.5. The van der Waals surface area contributed by atoms with Crippen molar-refractivity contribution in [1.82, 2.24) is 15.0 Å². The molecule has 0 amide bonds. The first kappa shape index (κ1) is 13.9. The molecule has 0 radical (unpaired) electrons. The van der Waals surface area contributed by atoms with Crippen LogP contribution in [0.15, 0.2) is 0 Å². The minimum atomic E-state index is -0.123. The lowest BCUT2D eigenvalue weighted by molar-refractivity contribution is 0.378. The van der Waals surface area contributed by atoms with E-state index in [0.29, 0.717) is 19.0 Å². The molecule has 1 rings (SSSR count). The molecule has 0 aromatic carbocycles. The minimum absolute atomic E-state index is 0.123. The van der Waals surface area contributed by atoms with Crippen LogP contribution in [0.3, 0.4) is 0 Å². The Morgan fingerprint density at radius 1 is 1.50 bits per heavy atom. The third kappa shape index (κ3) is 3.43. The molecule has 8 nitrogen and oxygen atoms in total. The number of anilines is 2. The highest BCUT2D eigenvalue weighted by Crippen LogP contribution is 2.15. The number of nitriles is 1. The molecule has 98 valence electrons. The molecule has 1 aromatic rings. The Morgan fingerprint density at radius 3 is 2.72 bits per heavy atom. The highest BCUT2D eigenvalue weighted by atomic mass is 16.5. The summed E-state index contributed by atoms with van der Waals surface area (Å²) in [7, 11) is 1.47. The van der Waals surface area contributed by atoms with E-state index < -0.39 is 0 Å². The lowest BCUT2D eigenvalue weighted by Gasteiger charge is -2.22. The lowest BCUT2D eigenvalue weighted by atomic mass is 10.2. The van der Waals surface area contributed by atoms with Crippen molar-refractivity contribution in [2.45, 2.75) is 13.8 Å². The molecule has 8 heteroatoms. The molecular formula is C10H17N7O. The molecule has 1 unspecified atom stereocenters. The number of hydrazine groups is 1. The van der Waals surface area contributed by atoms with Crippen molar-refractivity contribution in [2.24, 2.45) is 11.8 Å². The fourth-order valence-electron chi connectivity index (χ4n) is 1.37. The van der Waals surface area contributed by atoms with Crippen LogP contribution in [0.4, 0.5) is 11.9 Å². The molecule has 0 spiro atoms. The summed E-state index contributed by atoms with van der Waals surface area (Å²) in [5.41, 5.74) is 2.35. The average Bonchev–Trinajstić information content (AvgIpc) is 2.43. The van der Waals surface area contributed by atoms with Gasteiger partial charge in [-0.05, 0) is 13.8 Å². The smallest absolute Gasteiger partial charge is 0.322 e. The van der Waals surface area contributed by atoms with Gasteiger partial charge in [0.05, 0.1) is 19.1 Å². The van der Waals surface area contributed by atoms with Gasteiger partial charge < -0.3 is 9.64 Å². The van der Waals surface area contributed by atoms with Gasteiger partial charge in [-0.3, -0.25) is 5.43 Å². The zero-order valence-corrected chi connectivity index (χ0v) is 10.7. The van der Waals surface area contributed by atoms with E-state index in [4.69, 9.17) is 15.8 Å². The van der Waals surface area contributed by atoms with E-state index in [1.54, 1.807) is 0 Å². The molecule has 0 fully saturated rings. The molecular weight excluding hydrogens is 234 g/mol. The molecule has 0 saturated heterocycles. The monoisotopic (exact) mass is 251 g/mol. The van der Waals surface area contributed by atoms with Crippen molar-refractivity contribution in [2.75, 3.05) is 30.5 Å². The van der Waals surface area contributed by atoms with Gasteiger partial charge in [-0.2, -0.15) is 20.2 Å². The predicted molar refractivity (Wildman–Crippen MR) is 66.9 cm³/mol. The Balaban J connectivity index is 3.01. The second-order valence-electron chi connectivity index (χ2n) is 3.66. The fourth-order valence-corrected chi connectivity index (χ4v) is 1.37. The Kier molecular flexibility index (Phi) is 5.07. The van der Waals surface area contributed by atoms with Crippen LogP contribution in [0.5, 0.6) is 6.01 Å². The van der Waals surface area contributed by atoms with Gasteiger partial charge in [0.15, 0.2) is 0 Å². The summed E-state index contributed by atoms with van der Waals surface area (Å²) in [5.74, 6) is 5.81. The normalized spacial score (nSPS) is 11.5. The molecule has 1 aromatic heterocycles. The molecule has 1 atom stereocenters. The van der Waals surface area contributed by atoms with E-state index >= 15 is 0 Å². The molecule has 0 bridgehead atoms. The first-order valence-corrected chi connectivity index (χ1v) is 5.55. The van der Waals surface area contributed by atoms with Crippen LogP contribution in [0.1, 0.15) is 13.8 Å². The van der Waals surface area contributed by atoms with E-state index in [1.807, 2.05) is 18.7 Å². The van der Waals surface area contributed by atoms with Gasteiger partial charge in [0.2, 0.25) is 11.9 Å². The molecule has 3 N–H and O–H groups in total. The summed E-state index contributed by atoms with van der Waals surface area (Å²) in [6.07, 6.45) is 0. The van der Waals surface area contributed by atoms with Gasteiger partial charge in [0.25, 0.3) is 0 Å². The Morgan fingerprint density at radius 2 is 2.22 bits per heavy atom. The van der Waals surface area contributed by atoms with Gasteiger partial charge in [0, 0.05) is 13.1 Å². The predicted octanol–water partition coefficient (Wildman–Crippen LogP) is 0.152. The number of rotatable bonds is 6. The summed E-state index contributed by atoms with van der Waals surface area (Å²) in [4.78, 5) is 14.0. The topological polar surface area (TPSA) is 113 Å². The third-order valence-electron chi connectivity index (χ3n) is 2.29. The summed E-state index contributed by atoms with van der Waals surface area (Å²) >= 11 is 0. The Labute approximate surface area is 106 Å². The SMILES string of the molecule is CCN(CC(C)C#N)c1nc(NN)nc(OC)n1. The second kappa shape index (κ2) is 6.56. The number of hydrogen-bond donors (Lipinski definition) is 2. The third-order valence-corrected chi connectivity index (χ3v) is 2.29. The molecule has 0 aliphatic rings. The first-order chi connectivity index (χ1) is 8.64. The van der Waals surface area contributed by atoms with Crippen LogP contribution < -0.4 is 20.9 Å². The molecule has 0 saturated carbocycles. The van der Waals surface area contributed by atoms with E-state index in [2.05, 4.69) is 26.4 Å². The van der Waals surface area contributed by atoms with Crippen LogP contribution in [-0.4, -0.2) is 35.2 Å². The highest BCUT2D eigenvalue weighted by molar-refractivity contribution is 5.37. The van der Waals surface area contributed by atoms with E-state index in [-0.39, 0.29) is 17.9 Å². The van der Waals surface area contributed by atoms with Crippen molar-refractivity contribution in [3.8, 4) is 12.1 Å². The van der Waals surface area contributed by atoms with Gasteiger partial charge >= 0.3 is 6.01 Å². The maximum atomic E-state index is 8.84. The van der Waals surface area contributed by atoms with Gasteiger partial charge in [0.1, 0.15) is 0 Å². The summed E-state index contributed by atoms with van der Waals surface area (Å²) in [6, 6.07) is 2.35. The maximum Gasteiger partial charge on any atom is 0.322 e.